The lowest BCUT2D eigenvalue weighted by Crippen LogP contribution is -2.36. The Hall–Kier alpha value is -2.98. The van der Waals surface area contributed by atoms with E-state index in [1.54, 1.807) is 11.3 Å². The molecular formula is C18H17ClN6O3S. The highest BCUT2D eigenvalue weighted by molar-refractivity contribution is 7.18. The van der Waals surface area contributed by atoms with Crippen molar-refractivity contribution in [2.45, 2.75) is 19.4 Å². The Kier molecular flexibility index (Phi) is 5.20. The van der Waals surface area contributed by atoms with E-state index < -0.39 is 12.0 Å². The predicted octanol–water partition coefficient (Wildman–Crippen LogP) is 3.15. The molecule has 1 fully saturated rings. The second-order valence-corrected chi connectivity index (χ2v) is 8.16. The summed E-state index contributed by atoms with van der Waals surface area (Å²) in [5, 5.41) is 15.3. The quantitative estimate of drug-likeness (QED) is 0.541. The number of rotatable bonds is 4. The lowest BCUT2D eigenvalue weighted by molar-refractivity contribution is 0.102. The lowest BCUT2D eigenvalue weighted by atomic mass is 10.2. The Labute approximate surface area is 174 Å². The molecule has 9 nitrogen and oxygen atoms in total. The van der Waals surface area contributed by atoms with Crippen molar-refractivity contribution in [3.8, 4) is 0 Å². The van der Waals surface area contributed by atoms with E-state index in [4.69, 9.17) is 16.7 Å². The molecule has 150 valence electrons. The summed E-state index contributed by atoms with van der Waals surface area (Å²) in [4.78, 5) is 38.1. The molecule has 0 radical (unpaired) electrons. The standard InChI is InChI=1S/C18H17ClN6O3S/c1-9-21-14-13(29-9)3-2-11(23-16(26)12-4-6-20-17(19)24-12)15(14)25-7-5-10(8-25)22-18(27)28/h2-4,6,10,22H,5,7-8H2,1H3,(H,23,26)(H,27,28). The first-order chi connectivity index (χ1) is 13.9. The summed E-state index contributed by atoms with van der Waals surface area (Å²) >= 11 is 7.36. The number of hydrogen-bond donors (Lipinski definition) is 3. The largest absolute Gasteiger partial charge is 0.465 e. The average Bonchev–Trinajstić information content (AvgIpc) is 3.26. The number of halogens is 1. The van der Waals surface area contributed by atoms with Gasteiger partial charge in [0.15, 0.2) is 0 Å². The van der Waals surface area contributed by atoms with Crippen molar-refractivity contribution in [2.24, 2.45) is 0 Å². The third-order valence-electron chi connectivity index (χ3n) is 4.58. The van der Waals surface area contributed by atoms with Gasteiger partial charge in [0.1, 0.15) is 11.2 Å². The van der Waals surface area contributed by atoms with Gasteiger partial charge in [-0.2, -0.15) is 0 Å². The van der Waals surface area contributed by atoms with Gasteiger partial charge in [0.2, 0.25) is 5.28 Å². The molecule has 2 aromatic heterocycles. The summed E-state index contributed by atoms with van der Waals surface area (Å²) in [5.41, 5.74) is 2.29. The summed E-state index contributed by atoms with van der Waals surface area (Å²) in [6, 6.07) is 5.03. The Morgan fingerprint density at radius 2 is 2.14 bits per heavy atom. The van der Waals surface area contributed by atoms with E-state index in [0.29, 0.717) is 25.2 Å². The number of aryl methyl sites for hydroxylation is 1. The van der Waals surface area contributed by atoms with Gasteiger partial charge in [0, 0.05) is 19.3 Å². The molecule has 0 bridgehead atoms. The second kappa shape index (κ2) is 7.80. The maximum atomic E-state index is 12.7. The van der Waals surface area contributed by atoms with E-state index in [-0.39, 0.29) is 17.0 Å². The monoisotopic (exact) mass is 432 g/mol. The molecule has 1 aliphatic rings. The molecule has 3 heterocycles. The molecule has 0 aliphatic carbocycles. The van der Waals surface area contributed by atoms with E-state index in [1.807, 2.05) is 24.0 Å². The smallest absolute Gasteiger partial charge is 0.404 e. The summed E-state index contributed by atoms with van der Waals surface area (Å²) in [7, 11) is 0. The third-order valence-corrected chi connectivity index (χ3v) is 5.70. The van der Waals surface area contributed by atoms with E-state index >= 15 is 0 Å². The molecular weight excluding hydrogens is 416 g/mol. The summed E-state index contributed by atoms with van der Waals surface area (Å²) < 4.78 is 0.996. The van der Waals surface area contributed by atoms with Gasteiger partial charge in [-0.25, -0.2) is 19.7 Å². The zero-order valence-electron chi connectivity index (χ0n) is 15.3. The van der Waals surface area contributed by atoms with Gasteiger partial charge in [-0.3, -0.25) is 4.79 Å². The minimum absolute atomic E-state index is 0.00872. The van der Waals surface area contributed by atoms with Crippen LogP contribution in [0.1, 0.15) is 21.9 Å². The first kappa shape index (κ1) is 19.3. The number of anilines is 2. The number of fused-ring (bicyclic) bond motifs is 1. The molecule has 11 heteroatoms. The van der Waals surface area contributed by atoms with Crippen molar-refractivity contribution in [1.82, 2.24) is 20.3 Å². The van der Waals surface area contributed by atoms with Crippen molar-refractivity contribution in [3.63, 3.8) is 0 Å². The number of hydrogen-bond acceptors (Lipinski definition) is 7. The molecule has 1 aromatic carbocycles. The number of nitrogens with one attached hydrogen (secondary N) is 2. The van der Waals surface area contributed by atoms with Crippen LogP contribution in [0.2, 0.25) is 5.28 Å². The maximum absolute atomic E-state index is 12.7. The van der Waals surface area contributed by atoms with Gasteiger partial charge < -0.3 is 20.6 Å². The van der Waals surface area contributed by atoms with Crippen molar-refractivity contribution in [1.29, 1.82) is 0 Å². The fourth-order valence-electron chi connectivity index (χ4n) is 3.42. The molecule has 3 N–H and O–H groups in total. The van der Waals surface area contributed by atoms with Crippen LogP contribution in [0.5, 0.6) is 0 Å². The number of aromatic nitrogens is 3. The van der Waals surface area contributed by atoms with Crippen molar-refractivity contribution in [3.05, 3.63) is 40.4 Å². The zero-order valence-corrected chi connectivity index (χ0v) is 16.9. The molecule has 29 heavy (non-hydrogen) atoms. The van der Waals surface area contributed by atoms with Gasteiger partial charge in [-0.15, -0.1) is 11.3 Å². The SMILES string of the molecule is Cc1nc2c(N3CCC(NC(=O)O)C3)c(NC(=O)c3ccnc(Cl)n3)ccc2s1. The average molecular weight is 433 g/mol. The first-order valence-corrected chi connectivity index (χ1v) is 10.0. The van der Waals surface area contributed by atoms with Gasteiger partial charge in [0.05, 0.1) is 27.1 Å². The van der Waals surface area contributed by atoms with Crippen LogP contribution in [0.25, 0.3) is 10.2 Å². The number of amides is 2. The fraction of sp³-hybridized carbons (Fsp3) is 0.278. The topological polar surface area (TPSA) is 120 Å². The van der Waals surface area contributed by atoms with Crippen LogP contribution in [0.4, 0.5) is 16.2 Å². The Balaban J connectivity index is 1.69. The van der Waals surface area contributed by atoms with Gasteiger partial charge in [-0.1, -0.05) is 0 Å². The second-order valence-electron chi connectivity index (χ2n) is 6.59. The summed E-state index contributed by atoms with van der Waals surface area (Å²) in [6.07, 6.45) is 1.04. The Bertz CT molecular complexity index is 1100. The van der Waals surface area contributed by atoms with E-state index in [2.05, 4.69) is 25.6 Å². The minimum Gasteiger partial charge on any atom is -0.465 e. The Morgan fingerprint density at radius 3 is 2.90 bits per heavy atom. The first-order valence-electron chi connectivity index (χ1n) is 8.85. The molecule has 1 atom stereocenters. The molecule has 1 saturated heterocycles. The van der Waals surface area contributed by atoms with Crippen LogP contribution in [0.15, 0.2) is 24.4 Å². The molecule has 0 saturated carbocycles. The number of thiazole rings is 1. The number of benzene rings is 1. The molecule has 1 aliphatic heterocycles. The van der Waals surface area contributed by atoms with E-state index in [9.17, 15) is 9.59 Å². The summed E-state index contributed by atoms with van der Waals surface area (Å²) in [5.74, 6) is -0.416. The maximum Gasteiger partial charge on any atom is 0.404 e. The van der Waals surface area contributed by atoms with E-state index in [0.717, 1.165) is 20.9 Å². The molecule has 4 rings (SSSR count). The number of carboxylic acid groups (broad SMARTS) is 1. The van der Waals surface area contributed by atoms with Gasteiger partial charge >= 0.3 is 6.09 Å². The zero-order chi connectivity index (χ0) is 20.5. The lowest BCUT2D eigenvalue weighted by Gasteiger charge is -2.23. The van der Waals surface area contributed by atoms with Crippen LogP contribution in [-0.2, 0) is 0 Å². The van der Waals surface area contributed by atoms with Crippen LogP contribution >= 0.6 is 22.9 Å². The summed E-state index contributed by atoms with van der Waals surface area (Å²) in [6.45, 7) is 3.06. The fourth-order valence-corrected chi connectivity index (χ4v) is 4.39. The highest BCUT2D eigenvalue weighted by atomic mass is 35.5. The minimum atomic E-state index is -1.05. The highest BCUT2D eigenvalue weighted by Gasteiger charge is 2.28. The Morgan fingerprint density at radius 1 is 1.31 bits per heavy atom. The molecule has 2 amide bonds. The van der Waals surface area contributed by atoms with Crippen molar-refractivity contribution in [2.75, 3.05) is 23.3 Å². The van der Waals surface area contributed by atoms with Crippen LogP contribution < -0.4 is 15.5 Å². The molecule has 1 unspecified atom stereocenters. The van der Waals surface area contributed by atoms with Gasteiger partial charge in [-0.05, 0) is 43.1 Å². The van der Waals surface area contributed by atoms with Crippen molar-refractivity contribution >= 4 is 56.5 Å². The van der Waals surface area contributed by atoms with Crippen LogP contribution in [-0.4, -0.2) is 51.2 Å². The van der Waals surface area contributed by atoms with Crippen LogP contribution in [0, 0.1) is 6.92 Å². The molecule has 3 aromatic rings. The molecule has 0 spiro atoms. The van der Waals surface area contributed by atoms with Gasteiger partial charge in [0.25, 0.3) is 5.91 Å². The van der Waals surface area contributed by atoms with Crippen LogP contribution in [0.3, 0.4) is 0 Å². The number of nitrogens with zero attached hydrogens (tertiary/aromatic N) is 4. The predicted molar refractivity (Wildman–Crippen MR) is 111 cm³/mol. The number of carbonyl (C=O) groups excluding carboxylic acids is 1. The van der Waals surface area contributed by atoms with Crippen molar-refractivity contribution < 1.29 is 14.7 Å². The van der Waals surface area contributed by atoms with E-state index in [1.165, 1.54) is 12.3 Å². The number of carbonyl (C=O) groups is 2. The highest BCUT2D eigenvalue weighted by Crippen LogP contribution is 2.38. The third kappa shape index (κ3) is 4.08. The normalized spacial score (nSPS) is 16.2.